The van der Waals surface area contributed by atoms with Gasteiger partial charge in [0, 0.05) is 0 Å². The van der Waals surface area contributed by atoms with E-state index in [4.69, 9.17) is 0 Å². The highest BCUT2D eigenvalue weighted by molar-refractivity contribution is 7.98. The predicted molar refractivity (Wildman–Crippen MR) is 65.5 cm³/mol. The van der Waals surface area contributed by atoms with Gasteiger partial charge >= 0.3 is 0 Å². The fourth-order valence-corrected chi connectivity index (χ4v) is 2.65. The molecule has 0 saturated carbocycles. The Labute approximate surface area is 88.9 Å². The molecule has 0 saturated heterocycles. The lowest BCUT2D eigenvalue weighted by molar-refractivity contribution is 0.198. The molecule has 80 valence electrons. The van der Waals surface area contributed by atoms with Crippen LogP contribution in [-0.4, -0.2) is 12.0 Å². The summed E-state index contributed by atoms with van der Waals surface area (Å²) >= 11 is 1.96. The highest BCUT2D eigenvalue weighted by Gasteiger charge is 2.24. The van der Waals surface area contributed by atoms with Crippen LogP contribution in [0.15, 0.2) is 0 Å². The average Bonchev–Trinajstić information content (AvgIpc) is 1.81. The van der Waals surface area contributed by atoms with E-state index in [1.807, 2.05) is 11.8 Å². The van der Waals surface area contributed by atoms with E-state index in [2.05, 4.69) is 40.9 Å². The zero-order chi connectivity index (χ0) is 10.5. The Morgan fingerprint density at radius 3 is 1.92 bits per heavy atom. The minimum absolute atomic E-state index is 0.475. The number of thioether (sulfide) groups is 1. The van der Waals surface area contributed by atoms with Crippen LogP contribution in [0.25, 0.3) is 0 Å². The first-order valence-corrected chi connectivity index (χ1v) is 6.65. The normalized spacial score (nSPS) is 13.4. The summed E-state index contributed by atoms with van der Waals surface area (Å²) < 4.78 is 0. The van der Waals surface area contributed by atoms with Gasteiger partial charge < -0.3 is 0 Å². The van der Waals surface area contributed by atoms with Crippen molar-refractivity contribution in [2.75, 3.05) is 12.0 Å². The van der Waals surface area contributed by atoms with Crippen LogP contribution in [0.1, 0.15) is 53.9 Å². The molecule has 1 heteroatoms. The second-order valence-electron chi connectivity index (χ2n) is 6.00. The first kappa shape index (κ1) is 13.4. The molecule has 0 rings (SSSR count). The molecule has 0 atom stereocenters. The molecule has 0 radical (unpaired) electrons. The second-order valence-corrected chi connectivity index (χ2v) is 6.98. The van der Waals surface area contributed by atoms with Gasteiger partial charge in [0.05, 0.1) is 0 Å². The zero-order valence-electron chi connectivity index (χ0n) is 10.2. The molecule has 0 aromatic heterocycles. The van der Waals surface area contributed by atoms with Gasteiger partial charge in [0.15, 0.2) is 0 Å². The molecular weight excluding hydrogens is 176 g/mol. The highest BCUT2D eigenvalue weighted by Crippen LogP contribution is 2.36. The Bertz CT molecular complexity index is 131. The molecule has 0 aliphatic carbocycles. The first-order valence-electron chi connectivity index (χ1n) is 5.26. The molecule has 13 heavy (non-hydrogen) atoms. The maximum atomic E-state index is 2.40. The van der Waals surface area contributed by atoms with E-state index < -0.39 is 0 Å². The van der Waals surface area contributed by atoms with Gasteiger partial charge in [-0.2, -0.15) is 11.8 Å². The Morgan fingerprint density at radius 1 is 1.00 bits per heavy atom. The lowest BCUT2D eigenvalue weighted by Crippen LogP contribution is -2.20. The summed E-state index contributed by atoms with van der Waals surface area (Å²) in [6.45, 7) is 11.8. The first-order chi connectivity index (χ1) is 5.77. The van der Waals surface area contributed by atoms with Crippen LogP contribution < -0.4 is 0 Å². The van der Waals surface area contributed by atoms with Gasteiger partial charge in [0.2, 0.25) is 0 Å². The lowest BCUT2D eigenvalue weighted by atomic mass is 9.74. The van der Waals surface area contributed by atoms with Gasteiger partial charge in [-0.3, -0.25) is 0 Å². The predicted octanol–water partition coefficient (Wildman–Crippen LogP) is 4.59. The minimum Gasteiger partial charge on any atom is -0.165 e. The molecule has 0 aromatic carbocycles. The molecule has 0 nitrogen and oxygen atoms in total. The summed E-state index contributed by atoms with van der Waals surface area (Å²) in [4.78, 5) is 0. The van der Waals surface area contributed by atoms with E-state index in [1.54, 1.807) is 0 Å². The van der Waals surface area contributed by atoms with E-state index in [1.165, 1.54) is 25.0 Å². The molecular formula is C12H26S. The van der Waals surface area contributed by atoms with Crippen LogP contribution in [0.3, 0.4) is 0 Å². The van der Waals surface area contributed by atoms with Gasteiger partial charge in [0.25, 0.3) is 0 Å². The maximum Gasteiger partial charge on any atom is -0.00701 e. The molecule has 0 spiro atoms. The van der Waals surface area contributed by atoms with E-state index in [0.29, 0.717) is 10.8 Å². The van der Waals surface area contributed by atoms with Crippen LogP contribution in [0.4, 0.5) is 0 Å². The molecule has 0 heterocycles. The summed E-state index contributed by atoms with van der Waals surface area (Å²) in [5, 5.41) is 0. The van der Waals surface area contributed by atoms with Crippen LogP contribution in [0, 0.1) is 10.8 Å². The van der Waals surface area contributed by atoms with Crippen molar-refractivity contribution in [1.29, 1.82) is 0 Å². The standard InChI is InChI=1S/C12H26S/c1-11(2,3)10-12(4,5)8-7-9-13-6/h7-10H2,1-6H3. The topological polar surface area (TPSA) is 0 Å². The Morgan fingerprint density at radius 2 is 1.54 bits per heavy atom. The van der Waals surface area contributed by atoms with Gasteiger partial charge in [-0.1, -0.05) is 34.6 Å². The average molecular weight is 202 g/mol. The van der Waals surface area contributed by atoms with Crippen LogP contribution in [0.2, 0.25) is 0 Å². The van der Waals surface area contributed by atoms with Crippen molar-refractivity contribution in [3.8, 4) is 0 Å². The fourth-order valence-electron chi connectivity index (χ4n) is 2.22. The molecule has 0 fully saturated rings. The van der Waals surface area contributed by atoms with Crippen molar-refractivity contribution in [3.05, 3.63) is 0 Å². The van der Waals surface area contributed by atoms with Crippen LogP contribution in [0.5, 0.6) is 0 Å². The third-order valence-corrected chi connectivity index (χ3v) is 2.91. The van der Waals surface area contributed by atoms with Crippen molar-refractivity contribution in [3.63, 3.8) is 0 Å². The third kappa shape index (κ3) is 8.67. The molecule has 0 aromatic rings. The van der Waals surface area contributed by atoms with Crippen molar-refractivity contribution in [1.82, 2.24) is 0 Å². The summed E-state index contributed by atoms with van der Waals surface area (Å²) in [6.07, 6.45) is 6.25. The molecule has 0 unspecified atom stereocenters. The lowest BCUT2D eigenvalue weighted by Gasteiger charge is -2.32. The van der Waals surface area contributed by atoms with Crippen molar-refractivity contribution < 1.29 is 0 Å². The van der Waals surface area contributed by atoms with Crippen molar-refractivity contribution in [2.24, 2.45) is 10.8 Å². The number of hydrogen-bond donors (Lipinski definition) is 0. The second kappa shape index (κ2) is 5.29. The summed E-state index contributed by atoms with van der Waals surface area (Å²) in [6, 6.07) is 0. The Hall–Kier alpha value is 0.350. The van der Waals surface area contributed by atoms with E-state index in [0.717, 1.165) is 0 Å². The summed E-state index contributed by atoms with van der Waals surface area (Å²) in [5.41, 5.74) is 0.997. The van der Waals surface area contributed by atoms with Crippen molar-refractivity contribution in [2.45, 2.75) is 53.9 Å². The number of hydrogen-bond acceptors (Lipinski definition) is 1. The third-order valence-electron chi connectivity index (χ3n) is 2.21. The van der Waals surface area contributed by atoms with Crippen molar-refractivity contribution >= 4 is 11.8 Å². The Kier molecular flexibility index (Phi) is 5.43. The van der Waals surface area contributed by atoms with Gasteiger partial charge in [-0.05, 0) is 42.1 Å². The van der Waals surface area contributed by atoms with E-state index in [-0.39, 0.29) is 0 Å². The summed E-state index contributed by atoms with van der Waals surface area (Å²) in [7, 11) is 0. The molecule has 0 aliphatic heterocycles. The smallest absolute Gasteiger partial charge is 0.00701 e. The van der Waals surface area contributed by atoms with Gasteiger partial charge in [-0.15, -0.1) is 0 Å². The zero-order valence-corrected chi connectivity index (χ0v) is 11.1. The molecule has 0 aliphatic rings. The quantitative estimate of drug-likeness (QED) is 0.587. The maximum absolute atomic E-state index is 2.40. The van der Waals surface area contributed by atoms with E-state index >= 15 is 0 Å². The monoisotopic (exact) mass is 202 g/mol. The number of rotatable bonds is 5. The largest absolute Gasteiger partial charge is 0.165 e. The molecule has 0 bridgehead atoms. The highest BCUT2D eigenvalue weighted by atomic mass is 32.2. The summed E-state index contributed by atoms with van der Waals surface area (Å²) in [5.74, 6) is 1.31. The van der Waals surface area contributed by atoms with Gasteiger partial charge in [-0.25, -0.2) is 0 Å². The van der Waals surface area contributed by atoms with Crippen LogP contribution in [-0.2, 0) is 0 Å². The minimum atomic E-state index is 0.475. The van der Waals surface area contributed by atoms with E-state index in [9.17, 15) is 0 Å². The molecule has 0 N–H and O–H groups in total. The molecule has 0 amide bonds. The van der Waals surface area contributed by atoms with Crippen LogP contribution >= 0.6 is 11.8 Å². The Balaban J connectivity index is 3.80. The fraction of sp³-hybridized carbons (Fsp3) is 1.00. The SMILES string of the molecule is CSCCCC(C)(C)CC(C)(C)C. The van der Waals surface area contributed by atoms with Gasteiger partial charge in [0.1, 0.15) is 0 Å².